The zero-order valence-corrected chi connectivity index (χ0v) is 10.7. The van der Waals surface area contributed by atoms with Crippen LogP contribution in [0.25, 0.3) is 0 Å². The maximum atomic E-state index is 10.9. The van der Waals surface area contributed by atoms with Gasteiger partial charge in [0.1, 0.15) is 0 Å². The maximum Gasteiger partial charge on any atom is 0.272 e. The molecule has 0 aromatic heterocycles. The van der Waals surface area contributed by atoms with Gasteiger partial charge < -0.3 is 5.73 Å². The molecule has 0 spiro atoms. The summed E-state index contributed by atoms with van der Waals surface area (Å²) in [4.78, 5) is 10.5. The van der Waals surface area contributed by atoms with E-state index < -0.39 is 0 Å². The van der Waals surface area contributed by atoms with Gasteiger partial charge in [0, 0.05) is 17.2 Å². The SMILES string of the molecule is CCC(N)(CC)Cc1cccc([N+](=O)[O-])c1C. The third-order valence-electron chi connectivity index (χ3n) is 3.56. The summed E-state index contributed by atoms with van der Waals surface area (Å²) < 4.78 is 0. The highest BCUT2D eigenvalue weighted by Crippen LogP contribution is 2.26. The van der Waals surface area contributed by atoms with Crippen molar-refractivity contribution >= 4 is 5.69 Å². The average molecular weight is 236 g/mol. The van der Waals surface area contributed by atoms with Gasteiger partial charge in [0.15, 0.2) is 0 Å². The van der Waals surface area contributed by atoms with E-state index in [2.05, 4.69) is 13.8 Å². The Kier molecular flexibility index (Phi) is 4.23. The van der Waals surface area contributed by atoms with E-state index in [9.17, 15) is 10.1 Å². The topological polar surface area (TPSA) is 69.2 Å². The van der Waals surface area contributed by atoms with E-state index >= 15 is 0 Å². The largest absolute Gasteiger partial charge is 0.325 e. The molecule has 1 aromatic rings. The van der Waals surface area contributed by atoms with Gasteiger partial charge in [-0.2, -0.15) is 0 Å². The van der Waals surface area contributed by atoms with Crippen LogP contribution in [0.5, 0.6) is 0 Å². The van der Waals surface area contributed by atoms with Gasteiger partial charge in [-0.1, -0.05) is 26.0 Å². The highest BCUT2D eigenvalue weighted by molar-refractivity contribution is 5.45. The van der Waals surface area contributed by atoms with Gasteiger partial charge in [-0.25, -0.2) is 0 Å². The summed E-state index contributed by atoms with van der Waals surface area (Å²) in [7, 11) is 0. The fourth-order valence-corrected chi connectivity index (χ4v) is 1.94. The Labute approximate surface area is 102 Å². The quantitative estimate of drug-likeness (QED) is 0.631. The smallest absolute Gasteiger partial charge is 0.272 e. The Morgan fingerprint density at radius 2 is 1.94 bits per heavy atom. The Bertz CT molecular complexity index is 412. The molecule has 0 aliphatic rings. The first-order valence-corrected chi connectivity index (χ1v) is 5.95. The van der Waals surface area contributed by atoms with Gasteiger partial charge in [0.2, 0.25) is 0 Å². The molecular formula is C13H20N2O2. The van der Waals surface area contributed by atoms with Crippen LogP contribution in [-0.2, 0) is 6.42 Å². The van der Waals surface area contributed by atoms with Crippen LogP contribution in [0.3, 0.4) is 0 Å². The van der Waals surface area contributed by atoms with Crippen molar-refractivity contribution in [2.45, 2.75) is 45.6 Å². The van der Waals surface area contributed by atoms with Crippen molar-refractivity contribution in [1.82, 2.24) is 0 Å². The number of benzene rings is 1. The van der Waals surface area contributed by atoms with Crippen LogP contribution >= 0.6 is 0 Å². The van der Waals surface area contributed by atoms with E-state index in [-0.39, 0.29) is 16.1 Å². The molecule has 0 saturated heterocycles. The van der Waals surface area contributed by atoms with Crippen molar-refractivity contribution in [3.05, 3.63) is 39.4 Å². The molecule has 0 radical (unpaired) electrons. The fraction of sp³-hybridized carbons (Fsp3) is 0.538. The van der Waals surface area contributed by atoms with Crippen molar-refractivity contribution in [2.24, 2.45) is 5.73 Å². The number of nitrogens with zero attached hydrogens (tertiary/aromatic N) is 1. The number of nitro benzene ring substituents is 1. The van der Waals surface area contributed by atoms with Gasteiger partial charge >= 0.3 is 0 Å². The van der Waals surface area contributed by atoms with Crippen LogP contribution in [0.1, 0.15) is 37.8 Å². The van der Waals surface area contributed by atoms with E-state index in [0.29, 0.717) is 6.42 Å². The lowest BCUT2D eigenvalue weighted by atomic mass is 9.85. The molecule has 94 valence electrons. The molecule has 0 bridgehead atoms. The summed E-state index contributed by atoms with van der Waals surface area (Å²) >= 11 is 0. The minimum absolute atomic E-state index is 0.178. The van der Waals surface area contributed by atoms with Crippen LogP contribution in [0.15, 0.2) is 18.2 Å². The highest BCUT2D eigenvalue weighted by atomic mass is 16.6. The van der Waals surface area contributed by atoms with E-state index in [1.165, 1.54) is 6.07 Å². The van der Waals surface area contributed by atoms with E-state index in [4.69, 9.17) is 5.73 Å². The summed E-state index contributed by atoms with van der Waals surface area (Å²) in [6.07, 6.45) is 2.42. The number of hydrogen-bond donors (Lipinski definition) is 1. The summed E-state index contributed by atoms with van der Waals surface area (Å²) in [5, 5.41) is 10.9. The Morgan fingerprint density at radius 3 is 2.41 bits per heavy atom. The molecule has 0 amide bonds. The molecule has 0 atom stereocenters. The van der Waals surface area contributed by atoms with E-state index in [1.54, 1.807) is 13.0 Å². The van der Waals surface area contributed by atoms with Crippen LogP contribution in [-0.4, -0.2) is 10.5 Å². The Hall–Kier alpha value is -1.42. The van der Waals surface area contributed by atoms with Gasteiger partial charge in [0.05, 0.1) is 4.92 Å². The summed E-state index contributed by atoms with van der Waals surface area (Å²) in [6, 6.07) is 5.19. The lowest BCUT2D eigenvalue weighted by Gasteiger charge is -2.27. The molecule has 1 aromatic carbocycles. The van der Waals surface area contributed by atoms with Crippen molar-refractivity contribution in [1.29, 1.82) is 0 Å². The second-order valence-corrected chi connectivity index (χ2v) is 4.56. The highest BCUT2D eigenvalue weighted by Gasteiger charge is 2.23. The molecule has 0 saturated carbocycles. The Morgan fingerprint density at radius 1 is 1.35 bits per heavy atom. The minimum atomic E-state index is -0.338. The number of hydrogen-bond acceptors (Lipinski definition) is 3. The van der Waals surface area contributed by atoms with Gasteiger partial charge in [-0.05, 0) is 31.7 Å². The minimum Gasteiger partial charge on any atom is -0.325 e. The first kappa shape index (κ1) is 13.6. The summed E-state index contributed by atoms with van der Waals surface area (Å²) in [5.74, 6) is 0. The maximum absolute atomic E-state index is 10.9. The second-order valence-electron chi connectivity index (χ2n) is 4.56. The predicted molar refractivity (Wildman–Crippen MR) is 69.0 cm³/mol. The predicted octanol–water partition coefficient (Wildman–Crippen LogP) is 2.96. The van der Waals surface area contributed by atoms with Gasteiger partial charge in [-0.3, -0.25) is 10.1 Å². The molecular weight excluding hydrogens is 216 g/mol. The zero-order chi connectivity index (χ0) is 13.1. The van der Waals surface area contributed by atoms with Crippen molar-refractivity contribution in [3.8, 4) is 0 Å². The molecule has 0 heterocycles. The molecule has 0 unspecified atom stereocenters. The molecule has 0 fully saturated rings. The third-order valence-corrected chi connectivity index (χ3v) is 3.56. The average Bonchev–Trinajstić information content (AvgIpc) is 2.31. The van der Waals surface area contributed by atoms with Crippen LogP contribution in [0.4, 0.5) is 5.69 Å². The lowest BCUT2D eigenvalue weighted by molar-refractivity contribution is -0.385. The van der Waals surface area contributed by atoms with Crippen LogP contribution in [0.2, 0.25) is 0 Å². The van der Waals surface area contributed by atoms with Crippen molar-refractivity contribution in [3.63, 3.8) is 0 Å². The summed E-state index contributed by atoms with van der Waals surface area (Å²) in [5.41, 5.74) is 7.88. The zero-order valence-electron chi connectivity index (χ0n) is 10.7. The van der Waals surface area contributed by atoms with Gasteiger partial charge in [0.25, 0.3) is 5.69 Å². The van der Waals surface area contributed by atoms with E-state index in [1.807, 2.05) is 6.07 Å². The first-order chi connectivity index (χ1) is 7.93. The molecule has 17 heavy (non-hydrogen) atoms. The van der Waals surface area contributed by atoms with Crippen LogP contribution in [0, 0.1) is 17.0 Å². The number of nitrogens with two attached hydrogens (primary N) is 1. The van der Waals surface area contributed by atoms with Crippen molar-refractivity contribution < 1.29 is 4.92 Å². The monoisotopic (exact) mass is 236 g/mol. The normalized spacial score (nSPS) is 11.5. The first-order valence-electron chi connectivity index (χ1n) is 5.95. The number of rotatable bonds is 5. The Balaban J connectivity index is 3.08. The van der Waals surface area contributed by atoms with Gasteiger partial charge in [-0.15, -0.1) is 0 Å². The van der Waals surface area contributed by atoms with Crippen molar-refractivity contribution in [2.75, 3.05) is 0 Å². The molecule has 0 aliphatic carbocycles. The lowest BCUT2D eigenvalue weighted by Crippen LogP contribution is -2.40. The standard InChI is InChI=1S/C13H20N2O2/c1-4-13(14,5-2)9-11-7-6-8-12(10(11)3)15(16)17/h6-8H,4-5,9,14H2,1-3H3. The number of nitro groups is 1. The molecule has 2 N–H and O–H groups in total. The molecule has 4 nitrogen and oxygen atoms in total. The molecule has 4 heteroatoms. The molecule has 1 rings (SSSR count). The third kappa shape index (κ3) is 3.03. The summed E-state index contributed by atoms with van der Waals surface area (Å²) in [6.45, 7) is 5.89. The fourth-order valence-electron chi connectivity index (χ4n) is 1.94. The molecule has 0 aliphatic heterocycles. The van der Waals surface area contributed by atoms with Crippen LogP contribution < -0.4 is 5.73 Å². The van der Waals surface area contributed by atoms with E-state index in [0.717, 1.165) is 24.0 Å². The second kappa shape index (κ2) is 5.27.